The second-order valence-electron chi connectivity index (χ2n) is 5.08. The average Bonchev–Trinajstić information content (AvgIpc) is 2.38. The zero-order valence-corrected chi connectivity index (χ0v) is 11.2. The standard InChI is InChI=1S/C14H21N3O2/c1-10(17-7-3-6-13(18)9-17)14(19)16-12-5-2-4-11(15)8-12/h2,4-5,8,10,13,18H,3,6-7,9,15H2,1H3,(H,16,19). The maximum Gasteiger partial charge on any atom is 0.241 e. The topological polar surface area (TPSA) is 78.6 Å². The summed E-state index contributed by atoms with van der Waals surface area (Å²) in [5.74, 6) is -0.0697. The second kappa shape index (κ2) is 6.04. The van der Waals surface area contributed by atoms with E-state index in [0.717, 1.165) is 19.4 Å². The van der Waals surface area contributed by atoms with Crippen LogP contribution in [0.25, 0.3) is 0 Å². The predicted molar refractivity (Wildman–Crippen MR) is 75.8 cm³/mol. The molecule has 0 radical (unpaired) electrons. The molecule has 1 saturated heterocycles. The lowest BCUT2D eigenvalue weighted by Crippen LogP contribution is -2.48. The minimum atomic E-state index is -0.323. The van der Waals surface area contributed by atoms with Crippen molar-refractivity contribution in [3.8, 4) is 0 Å². The number of nitrogen functional groups attached to an aromatic ring is 1. The highest BCUT2D eigenvalue weighted by atomic mass is 16.3. The van der Waals surface area contributed by atoms with Gasteiger partial charge in [-0.25, -0.2) is 0 Å². The summed E-state index contributed by atoms with van der Waals surface area (Å²) in [5.41, 5.74) is 7.00. The Bertz CT molecular complexity index is 450. The molecule has 1 heterocycles. The van der Waals surface area contributed by atoms with Gasteiger partial charge in [-0.05, 0) is 44.5 Å². The van der Waals surface area contributed by atoms with Gasteiger partial charge in [0.25, 0.3) is 0 Å². The molecule has 1 aromatic rings. The number of piperidine rings is 1. The van der Waals surface area contributed by atoms with Crippen LogP contribution in [0.15, 0.2) is 24.3 Å². The first-order chi connectivity index (χ1) is 9.06. The molecule has 5 heteroatoms. The number of nitrogens with one attached hydrogen (secondary N) is 1. The molecule has 19 heavy (non-hydrogen) atoms. The van der Waals surface area contributed by atoms with Crippen molar-refractivity contribution in [3.05, 3.63) is 24.3 Å². The number of hydrogen-bond acceptors (Lipinski definition) is 4. The number of likely N-dealkylation sites (tertiary alicyclic amines) is 1. The summed E-state index contributed by atoms with van der Waals surface area (Å²) in [6.45, 7) is 3.27. The molecule has 1 aliphatic heterocycles. The lowest BCUT2D eigenvalue weighted by atomic mass is 10.1. The highest BCUT2D eigenvalue weighted by Gasteiger charge is 2.26. The molecule has 1 amide bonds. The number of rotatable bonds is 3. The fraction of sp³-hybridized carbons (Fsp3) is 0.500. The van der Waals surface area contributed by atoms with Gasteiger partial charge in [0.05, 0.1) is 12.1 Å². The van der Waals surface area contributed by atoms with Crippen LogP contribution in [0.3, 0.4) is 0 Å². The Balaban J connectivity index is 1.95. The van der Waals surface area contributed by atoms with E-state index >= 15 is 0 Å². The van der Waals surface area contributed by atoms with E-state index in [1.165, 1.54) is 0 Å². The van der Waals surface area contributed by atoms with Gasteiger partial charge >= 0.3 is 0 Å². The van der Waals surface area contributed by atoms with Crippen LogP contribution in [-0.2, 0) is 4.79 Å². The van der Waals surface area contributed by atoms with Crippen LogP contribution in [0, 0.1) is 0 Å². The van der Waals surface area contributed by atoms with E-state index in [1.807, 2.05) is 17.9 Å². The molecule has 2 unspecified atom stereocenters. The van der Waals surface area contributed by atoms with E-state index in [1.54, 1.807) is 18.2 Å². The average molecular weight is 263 g/mol. The third-order valence-electron chi connectivity index (χ3n) is 3.51. The van der Waals surface area contributed by atoms with Crippen LogP contribution in [0.2, 0.25) is 0 Å². The number of amides is 1. The minimum absolute atomic E-state index is 0.0697. The number of benzene rings is 1. The van der Waals surface area contributed by atoms with Gasteiger partial charge < -0.3 is 16.2 Å². The lowest BCUT2D eigenvalue weighted by molar-refractivity contribution is -0.121. The van der Waals surface area contributed by atoms with Gasteiger partial charge in [-0.2, -0.15) is 0 Å². The van der Waals surface area contributed by atoms with Crippen LogP contribution in [0.1, 0.15) is 19.8 Å². The maximum absolute atomic E-state index is 12.2. The quantitative estimate of drug-likeness (QED) is 0.712. The summed E-state index contributed by atoms with van der Waals surface area (Å²) >= 11 is 0. The van der Waals surface area contributed by atoms with E-state index in [0.29, 0.717) is 17.9 Å². The van der Waals surface area contributed by atoms with E-state index < -0.39 is 0 Å². The van der Waals surface area contributed by atoms with Gasteiger partial charge in [0.15, 0.2) is 0 Å². The first-order valence-corrected chi connectivity index (χ1v) is 6.65. The van der Waals surface area contributed by atoms with Crippen molar-refractivity contribution < 1.29 is 9.90 Å². The van der Waals surface area contributed by atoms with Gasteiger partial charge in [-0.1, -0.05) is 6.07 Å². The molecule has 0 spiro atoms. The molecule has 1 aromatic carbocycles. The molecular formula is C14H21N3O2. The van der Waals surface area contributed by atoms with Crippen LogP contribution < -0.4 is 11.1 Å². The first-order valence-electron chi connectivity index (χ1n) is 6.65. The van der Waals surface area contributed by atoms with Crippen molar-refractivity contribution in [2.24, 2.45) is 0 Å². The SMILES string of the molecule is CC(C(=O)Nc1cccc(N)c1)N1CCCC(O)C1. The summed E-state index contributed by atoms with van der Waals surface area (Å²) in [6.07, 6.45) is 1.42. The molecule has 4 N–H and O–H groups in total. The van der Waals surface area contributed by atoms with Gasteiger partial charge in [0, 0.05) is 17.9 Å². The number of aliphatic hydroxyl groups excluding tert-OH is 1. The Morgan fingerprint density at radius 1 is 1.58 bits per heavy atom. The number of nitrogens with zero attached hydrogens (tertiary/aromatic N) is 1. The summed E-state index contributed by atoms with van der Waals surface area (Å²) in [6, 6.07) is 6.87. The normalized spacial score (nSPS) is 21.9. The van der Waals surface area contributed by atoms with Crippen molar-refractivity contribution in [2.45, 2.75) is 31.9 Å². The predicted octanol–water partition coefficient (Wildman–Crippen LogP) is 1.05. The molecule has 0 saturated carbocycles. The molecule has 2 atom stereocenters. The van der Waals surface area contributed by atoms with Crippen LogP contribution in [0.4, 0.5) is 11.4 Å². The van der Waals surface area contributed by atoms with E-state index in [9.17, 15) is 9.90 Å². The number of nitrogens with two attached hydrogens (primary N) is 1. The van der Waals surface area contributed by atoms with Crippen molar-refractivity contribution >= 4 is 17.3 Å². The van der Waals surface area contributed by atoms with Crippen molar-refractivity contribution in [2.75, 3.05) is 24.1 Å². The van der Waals surface area contributed by atoms with Gasteiger partial charge in [-0.15, -0.1) is 0 Å². The van der Waals surface area contributed by atoms with Gasteiger partial charge in [0.1, 0.15) is 0 Å². The zero-order valence-electron chi connectivity index (χ0n) is 11.2. The summed E-state index contributed by atoms with van der Waals surface area (Å²) in [7, 11) is 0. The number of anilines is 2. The Hall–Kier alpha value is -1.59. The second-order valence-corrected chi connectivity index (χ2v) is 5.08. The van der Waals surface area contributed by atoms with Crippen molar-refractivity contribution in [1.82, 2.24) is 4.90 Å². The van der Waals surface area contributed by atoms with Crippen LogP contribution in [-0.4, -0.2) is 41.1 Å². The van der Waals surface area contributed by atoms with Gasteiger partial charge in [0.2, 0.25) is 5.91 Å². The summed E-state index contributed by atoms with van der Waals surface area (Å²) in [4.78, 5) is 14.2. The molecule has 104 valence electrons. The Morgan fingerprint density at radius 3 is 3.05 bits per heavy atom. The molecule has 0 aromatic heterocycles. The minimum Gasteiger partial charge on any atom is -0.399 e. The fourth-order valence-corrected chi connectivity index (χ4v) is 2.36. The Kier molecular flexibility index (Phi) is 4.39. The maximum atomic E-state index is 12.2. The Morgan fingerprint density at radius 2 is 2.37 bits per heavy atom. The largest absolute Gasteiger partial charge is 0.399 e. The summed E-state index contributed by atoms with van der Waals surface area (Å²) in [5, 5.41) is 12.5. The third-order valence-corrected chi connectivity index (χ3v) is 3.51. The third kappa shape index (κ3) is 3.68. The monoisotopic (exact) mass is 263 g/mol. The summed E-state index contributed by atoms with van der Waals surface area (Å²) < 4.78 is 0. The molecular weight excluding hydrogens is 242 g/mol. The lowest BCUT2D eigenvalue weighted by Gasteiger charge is -2.33. The fourth-order valence-electron chi connectivity index (χ4n) is 2.36. The highest BCUT2D eigenvalue weighted by molar-refractivity contribution is 5.94. The van der Waals surface area contributed by atoms with E-state index in [4.69, 9.17) is 5.73 Å². The van der Waals surface area contributed by atoms with E-state index in [2.05, 4.69) is 5.32 Å². The number of aliphatic hydroxyl groups is 1. The zero-order chi connectivity index (χ0) is 13.8. The number of β-amino-alcohol motifs (C(OH)–C–C–N with tert-alkyl or cyclic N) is 1. The number of carbonyl (C=O) groups excluding carboxylic acids is 1. The Labute approximate surface area is 113 Å². The highest BCUT2D eigenvalue weighted by Crippen LogP contribution is 2.16. The van der Waals surface area contributed by atoms with Gasteiger partial charge in [-0.3, -0.25) is 9.69 Å². The van der Waals surface area contributed by atoms with Crippen molar-refractivity contribution in [3.63, 3.8) is 0 Å². The van der Waals surface area contributed by atoms with E-state index in [-0.39, 0.29) is 18.1 Å². The smallest absolute Gasteiger partial charge is 0.241 e. The molecule has 0 aliphatic carbocycles. The van der Waals surface area contributed by atoms with Crippen LogP contribution >= 0.6 is 0 Å². The number of hydrogen-bond donors (Lipinski definition) is 3. The molecule has 1 fully saturated rings. The molecule has 0 bridgehead atoms. The van der Waals surface area contributed by atoms with Crippen molar-refractivity contribution in [1.29, 1.82) is 0 Å². The number of carbonyl (C=O) groups is 1. The molecule has 5 nitrogen and oxygen atoms in total. The van der Waals surface area contributed by atoms with Crippen LogP contribution in [0.5, 0.6) is 0 Å². The molecule has 2 rings (SSSR count). The molecule has 1 aliphatic rings. The first kappa shape index (κ1) is 13.8.